The fourth-order valence-corrected chi connectivity index (χ4v) is 3.66. The maximum absolute atomic E-state index is 5.65. The molecular formula is C20H25NO2. The van der Waals surface area contributed by atoms with E-state index in [9.17, 15) is 0 Å². The van der Waals surface area contributed by atoms with Crippen LogP contribution < -0.4 is 9.47 Å². The van der Waals surface area contributed by atoms with E-state index in [1.54, 1.807) is 14.2 Å². The van der Waals surface area contributed by atoms with Gasteiger partial charge in [-0.2, -0.15) is 0 Å². The molecule has 0 unspecified atom stereocenters. The molecule has 0 N–H and O–H groups in total. The molecule has 23 heavy (non-hydrogen) atoms. The van der Waals surface area contributed by atoms with Crippen molar-refractivity contribution in [2.75, 3.05) is 14.2 Å². The fraction of sp³-hybridized carbons (Fsp3) is 0.400. The molecule has 2 atom stereocenters. The summed E-state index contributed by atoms with van der Waals surface area (Å²) >= 11 is 0. The van der Waals surface area contributed by atoms with Crippen molar-refractivity contribution in [1.82, 2.24) is 4.90 Å². The first-order valence-corrected chi connectivity index (χ1v) is 8.18. The Morgan fingerprint density at radius 2 is 1.78 bits per heavy atom. The van der Waals surface area contributed by atoms with Crippen molar-refractivity contribution in [3.63, 3.8) is 0 Å². The van der Waals surface area contributed by atoms with Crippen LogP contribution in [-0.2, 0) is 13.0 Å². The van der Waals surface area contributed by atoms with Gasteiger partial charge in [0.25, 0.3) is 0 Å². The van der Waals surface area contributed by atoms with Gasteiger partial charge in [0.2, 0.25) is 0 Å². The molecule has 1 aliphatic rings. The Labute approximate surface area is 138 Å². The number of fused-ring (bicyclic) bond motifs is 1. The quantitative estimate of drug-likeness (QED) is 0.844. The van der Waals surface area contributed by atoms with Gasteiger partial charge in [-0.1, -0.05) is 30.3 Å². The summed E-state index contributed by atoms with van der Waals surface area (Å²) in [4.78, 5) is 2.55. The van der Waals surface area contributed by atoms with E-state index in [0.29, 0.717) is 12.1 Å². The van der Waals surface area contributed by atoms with Gasteiger partial charge in [-0.3, -0.25) is 4.90 Å². The smallest absolute Gasteiger partial charge is 0.127 e. The highest BCUT2D eigenvalue weighted by atomic mass is 16.5. The second kappa shape index (κ2) is 6.63. The van der Waals surface area contributed by atoms with Crippen LogP contribution in [0.1, 0.15) is 36.6 Å². The largest absolute Gasteiger partial charge is 0.497 e. The molecular weight excluding hydrogens is 286 g/mol. The molecule has 0 saturated carbocycles. The molecule has 0 fully saturated rings. The van der Waals surface area contributed by atoms with Crippen LogP contribution in [0.4, 0.5) is 0 Å². The van der Waals surface area contributed by atoms with Crippen LogP contribution in [-0.4, -0.2) is 25.2 Å². The van der Waals surface area contributed by atoms with E-state index >= 15 is 0 Å². The first-order valence-electron chi connectivity index (χ1n) is 8.18. The van der Waals surface area contributed by atoms with Crippen LogP contribution in [0.3, 0.4) is 0 Å². The van der Waals surface area contributed by atoms with Crippen LogP contribution in [0.25, 0.3) is 0 Å². The van der Waals surface area contributed by atoms with E-state index in [0.717, 1.165) is 24.5 Å². The number of hydrogen-bond donors (Lipinski definition) is 0. The van der Waals surface area contributed by atoms with Crippen molar-refractivity contribution >= 4 is 0 Å². The van der Waals surface area contributed by atoms with Gasteiger partial charge in [-0.05, 0) is 37.5 Å². The van der Waals surface area contributed by atoms with Crippen LogP contribution in [0.15, 0.2) is 42.5 Å². The fourth-order valence-electron chi connectivity index (χ4n) is 3.66. The molecule has 0 bridgehead atoms. The standard InChI is InChI=1S/C20H25NO2/c1-14-10-17-11-18(22-3)12-19(23-4)20(17)15(2)21(14)13-16-8-6-5-7-9-16/h5-9,11-12,14-15H,10,13H2,1-4H3/t14-,15-/m1/s1. The van der Waals surface area contributed by atoms with Crippen LogP contribution >= 0.6 is 0 Å². The van der Waals surface area contributed by atoms with Crippen molar-refractivity contribution in [2.45, 2.75) is 38.9 Å². The zero-order chi connectivity index (χ0) is 16.4. The van der Waals surface area contributed by atoms with Gasteiger partial charge in [0.05, 0.1) is 14.2 Å². The van der Waals surface area contributed by atoms with Gasteiger partial charge in [-0.25, -0.2) is 0 Å². The number of nitrogens with zero attached hydrogens (tertiary/aromatic N) is 1. The average molecular weight is 311 g/mol. The number of ether oxygens (including phenoxy) is 2. The van der Waals surface area contributed by atoms with E-state index in [2.05, 4.69) is 55.1 Å². The van der Waals surface area contributed by atoms with Crippen LogP contribution in [0, 0.1) is 0 Å². The third-order valence-electron chi connectivity index (χ3n) is 4.86. The highest BCUT2D eigenvalue weighted by molar-refractivity contribution is 5.50. The van der Waals surface area contributed by atoms with Crippen molar-refractivity contribution in [1.29, 1.82) is 0 Å². The third kappa shape index (κ3) is 3.06. The predicted molar refractivity (Wildman–Crippen MR) is 93.1 cm³/mol. The molecule has 0 amide bonds. The molecule has 1 aliphatic heterocycles. The molecule has 0 aliphatic carbocycles. The Bertz CT molecular complexity index is 669. The first kappa shape index (κ1) is 15.9. The van der Waals surface area contributed by atoms with E-state index < -0.39 is 0 Å². The molecule has 0 spiro atoms. The number of rotatable bonds is 4. The van der Waals surface area contributed by atoms with E-state index in [-0.39, 0.29) is 0 Å². The van der Waals surface area contributed by atoms with Gasteiger partial charge >= 0.3 is 0 Å². The SMILES string of the molecule is COc1cc2c(c(OC)c1)[C@@H](C)N(Cc1ccccc1)[C@H](C)C2. The Hall–Kier alpha value is -2.00. The molecule has 2 aromatic rings. The first-order chi connectivity index (χ1) is 11.1. The Kier molecular flexibility index (Phi) is 4.58. The minimum Gasteiger partial charge on any atom is -0.497 e. The van der Waals surface area contributed by atoms with E-state index in [1.165, 1.54) is 16.7 Å². The summed E-state index contributed by atoms with van der Waals surface area (Å²) in [6, 6.07) is 15.6. The summed E-state index contributed by atoms with van der Waals surface area (Å²) in [6.07, 6.45) is 1.01. The molecule has 0 aromatic heterocycles. The summed E-state index contributed by atoms with van der Waals surface area (Å²) in [5, 5.41) is 0. The van der Waals surface area contributed by atoms with Crippen molar-refractivity contribution < 1.29 is 9.47 Å². The lowest BCUT2D eigenvalue weighted by molar-refractivity contribution is 0.126. The van der Waals surface area contributed by atoms with Crippen molar-refractivity contribution in [2.24, 2.45) is 0 Å². The topological polar surface area (TPSA) is 21.7 Å². The Morgan fingerprint density at radius 1 is 1.04 bits per heavy atom. The molecule has 1 heterocycles. The molecule has 0 saturated heterocycles. The average Bonchev–Trinajstić information content (AvgIpc) is 2.58. The summed E-state index contributed by atoms with van der Waals surface area (Å²) in [5.74, 6) is 1.80. The molecule has 3 nitrogen and oxygen atoms in total. The number of methoxy groups -OCH3 is 2. The minimum absolute atomic E-state index is 0.315. The normalized spacial score (nSPS) is 20.9. The van der Waals surface area contributed by atoms with Crippen LogP contribution in [0.5, 0.6) is 11.5 Å². The van der Waals surface area contributed by atoms with Crippen molar-refractivity contribution in [3.05, 3.63) is 59.2 Å². The number of hydrogen-bond acceptors (Lipinski definition) is 3. The lowest BCUT2D eigenvalue weighted by Gasteiger charge is -2.41. The zero-order valence-electron chi connectivity index (χ0n) is 14.4. The monoisotopic (exact) mass is 311 g/mol. The van der Waals surface area contributed by atoms with Gasteiger partial charge in [0.1, 0.15) is 11.5 Å². The lowest BCUT2D eigenvalue weighted by Crippen LogP contribution is -2.40. The summed E-state index contributed by atoms with van der Waals surface area (Å²) in [7, 11) is 3.44. The maximum atomic E-state index is 5.65. The molecule has 2 aromatic carbocycles. The highest BCUT2D eigenvalue weighted by Crippen LogP contribution is 2.41. The Morgan fingerprint density at radius 3 is 2.43 bits per heavy atom. The summed E-state index contributed by atoms with van der Waals surface area (Å²) < 4.78 is 11.1. The lowest BCUT2D eigenvalue weighted by atomic mass is 9.88. The van der Waals surface area contributed by atoms with Gasteiger partial charge in [-0.15, -0.1) is 0 Å². The minimum atomic E-state index is 0.315. The van der Waals surface area contributed by atoms with Crippen molar-refractivity contribution in [3.8, 4) is 11.5 Å². The van der Waals surface area contributed by atoms with Crippen LogP contribution in [0.2, 0.25) is 0 Å². The van der Waals surface area contributed by atoms with E-state index in [4.69, 9.17) is 9.47 Å². The maximum Gasteiger partial charge on any atom is 0.127 e. The molecule has 3 heteroatoms. The van der Waals surface area contributed by atoms with Gasteiger partial charge in [0.15, 0.2) is 0 Å². The zero-order valence-corrected chi connectivity index (χ0v) is 14.4. The predicted octanol–water partition coefficient (Wildman–Crippen LogP) is 4.21. The third-order valence-corrected chi connectivity index (χ3v) is 4.86. The Balaban J connectivity index is 1.96. The molecule has 122 valence electrons. The summed E-state index contributed by atoms with van der Waals surface area (Å²) in [5.41, 5.74) is 3.98. The highest BCUT2D eigenvalue weighted by Gasteiger charge is 2.32. The second-order valence-electron chi connectivity index (χ2n) is 6.29. The molecule has 0 radical (unpaired) electrons. The van der Waals surface area contributed by atoms with Gasteiger partial charge in [0, 0.05) is 30.3 Å². The van der Waals surface area contributed by atoms with Gasteiger partial charge < -0.3 is 9.47 Å². The molecule has 3 rings (SSSR count). The van der Waals surface area contributed by atoms with E-state index in [1.807, 2.05) is 6.07 Å². The second-order valence-corrected chi connectivity index (χ2v) is 6.29. The summed E-state index contributed by atoms with van der Waals surface area (Å²) in [6.45, 7) is 5.53. The number of benzene rings is 2.